The number of hydrogen-bond acceptors (Lipinski definition) is 6. The third-order valence-electron chi connectivity index (χ3n) is 3.85. The summed E-state index contributed by atoms with van der Waals surface area (Å²) in [7, 11) is 1.46. The Labute approximate surface area is 146 Å². The number of hydrogen-bond donors (Lipinski definition) is 2. The van der Waals surface area contributed by atoms with Crippen molar-refractivity contribution in [3.05, 3.63) is 41.5 Å². The van der Waals surface area contributed by atoms with Gasteiger partial charge in [0.2, 0.25) is 0 Å². The third-order valence-corrected chi connectivity index (χ3v) is 3.85. The first-order valence-corrected chi connectivity index (χ1v) is 8.09. The highest BCUT2D eigenvalue weighted by molar-refractivity contribution is 5.97. The second kappa shape index (κ2) is 8.48. The summed E-state index contributed by atoms with van der Waals surface area (Å²) in [4.78, 5) is 24.2. The van der Waals surface area contributed by atoms with Crippen LogP contribution in [0.3, 0.4) is 0 Å². The maximum atomic E-state index is 12.4. The minimum Gasteiger partial charge on any atom is -0.507 e. The minimum absolute atomic E-state index is 0.0570. The molecule has 134 valence electrons. The van der Waals surface area contributed by atoms with E-state index in [1.54, 1.807) is 31.2 Å². The molecule has 0 bridgehead atoms. The predicted octanol–water partition coefficient (Wildman–Crippen LogP) is 2.63. The Bertz CT molecular complexity index is 704. The van der Waals surface area contributed by atoms with Crippen LogP contribution < -0.4 is 4.74 Å². The van der Waals surface area contributed by atoms with Crippen LogP contribution in [0.25, 0.3) is 6.08 Å². The van der Waals surface area contributed by atoms with Crippen molar-refractivity contribution >= 4 is 17.8 Å². The van der Waals surface area contributed by atoms with Gasteiger partial charge in [-0.1, -0.05) is 18.2 Å². The van der Waals surface area contributed by atoms with Crippen LogP contribution in [0.4, 0.5) is 0 Å². The van der Waals surface area contributed by atoms with Gasteiger partial charge < -0.3 is 19.7 Å². The van der Waals surface area contributed by atoms with Gasteiger partial charge in [0.05, 0.1) is 7.11 Å². The monoisotopic (exact) mass is 346 g/mol. The fraction of sp³-hybridized carbons (Fsp3) is 0.368. The van der Waals surface area contributed by atoms with E-state index >= 15 is 0 Å². The zero-order valence-corrected chi connectivity index (χ0v) is 14.3. The Balaban J connectivity index is 2.40. The number of phenolic OH excluding ortho intramolecular Hbond substituents is 1. The van der Waals surface area contributed by atoms with Crippen LogP contribution >= 0.6 is 0 Å². The fourth-order valence-corrected chi connectivity index (χ4v) is 2.48. The molecule has 1 aromatic carbocycles. The predicted molar refractivity (Wildman–Crippen MR) is 92.6 cm³/mol. The smallest absolute Gasteiger partial charge is 0.342 e. The molecule has 1 aliphatic rings. The molecule has 25 heavy (non-hydrogen) atoms. The molecular weight excluding hydrogens is 324 g/mol. The van der Waals surface area contributed by atoms with Crippen molar-refractivity contribution in [3.63, 3.8) is 0 Å². The van der Waals surface area contributed by atoms with Crippen LogP contribution in [0.15, 0.2) is 30.4 Å². The molecule has 1 unspecified atom stereocenters. The van der Waals surface area contributed by atoms with Gasteiger partial charge in [-0.25, -0.2) is 4.79 Å². The lowest BCUT2D eigenvalue weighted by Gasteiger charge is -2.15. The van der Waals surface area contributed by atoms with E-state index in [-0.39, 0.29) is 23.5 Å². The van der Waals surface area contributed by atoms with E-state index < -0.39 is 18.2 Å². The van der Waals surface area contributed by atoms with Gasteiger partial charge in [-0.3, -0.25) is 4.79 Å². The zero-order chi connectivity index (χ0) is 18.4. The van der Waals surface area contributed by atoms with Crippen LogP contribution in [0, 0.1) is 0 Å². The number of ether oxygens (including phenoxy) is 2. The highest BCUT2D eigenvalue weighted by atomic mass is 16.5. The quantitative estimate of drug-likeness (QED) is 0.759. The van der Waals surface area contributed by atoms with E-state index in [0.29, 0.717) is 24.2 Å². The largest absolute Gasteiger partial charge is 0.507 e. The summed E-state index contributed by atoms with van der Waals surface area (Å²) in [5, 5.41) is 20.0. The van der Waals surface area contributed by atoms with Crippen molar-refractivity contribution in [1.82, 2.24) is 0 Å². The molecule has 1 aliphatic heterocycles. The van der Waals surface area contributed by atoms with Crippen LogP contribution in [0.5, 0.6) is 11.5 Å². The Morgan fingerprint density at radius 2 is 1.96 bits per heavy atom. The van der Waals surface area contributed by atoms with Gasteiger partial charge in [-0.2, -0.15) is 0 Å². The van der Waals surface area contributed by atoms with Crippen molar-refractivity contribution in [2.45, 2.75) is 38.4 Å². The topological polar surface area (TPSA) is 93.1 Å². The van der Waals surface area contributed by atoms with E-state index in [1.165, 1.54) is 19.3 Å². The molecule has 0 radical (unpaired) electrons. The van der Waals surface area contributed by atoms with E-state index in [0.717, 1.165) is 0 Å². The SMILES string of the molecule is COc1cc(O)c2c(c1)/C=C/CCC(O)C(=O)/C=C\C[C@H](C)OC2=O. The average Bonchev–Trinajstić information content (AvgIpc) is 2.56. The Kier molecular flexibility index (Phi) is 6.36. The summed E-state index contributed by atoms with van der Waals surface area (Å²) >= 11 is 0. The first kappa shape index (κ1) is 18.7. The molecule has 2 rings (SSSR count). The number of allylic oxidation sites excluding steroid dienone is 1. The number of phenols is 1. The minimum atomic E-state index is -1.07. The lowest BCUT2D eigenvalue weighted by molar-refractivity contribution is -0.122. The number of aliphatic hydroxyl groups is 1. The van der Waals surface area contributed by atoms with Crippen LogP contribution in [-0.4, -0.2) is 41.3 Å². The first-order valence-electron chi connectivity index (χ1n) is 8.09. The standard InChI is InChI=1S/C19H22O6/c1-12-6-5-9-16(21)15(20)8-4-3-7-13-10-14(24-2)11-17(22)18(13)19(23)25-12/h3,5,7,9-12,15,20,22H,4,6,8H2,1-2H3/b7-3+,9-5-/t12-,15?/m0/s1. The number of esters is 1. The first-order chi connectivity index (χ1) is 11.9. The average molecular weight is 346 g/mol. The maximum absolute atomic E-state index is 12.4. The molecule has 0 amide bonds. The highest BCUT2D eigenvalue weighted by Crippen LogP contribution is 2.30. The molecule has 6 heteroatoms. The molecule has 0 fully saturated rings. The van der Waals surface area contributed by atoms with Gasteiger partial charge in [-0.05, 0) is 37.5 Å². The summed E-state index contributed by atoms with van der Waals surface area (Å²) in [6.45, 7) is 1.69. The molecular formula is C19H22O6. The summed E-state index contributed by atoms with van der Waals surface area (Å²) in [5.74, 6) is -0.845. The van der Waals surface area contributed by atoms with E-state index in [4.69, 9.17) is 9.47 Å². The summed E-state index contributed by atoms with van der Waals surface area (Å²) in [6, 6.07) is 2.97. The van der Waals surface area contributed by atoms with E-state index in [1.807, 2.05) is 0 Å². The Morgan fingerprint density at radius 1 is 1.20 bits per heavy atom. The van der Waals surface area contributed by atoms with E-state index in [9.17, 15) is 19.8 Å². The molecule has 0 aromatic heterocycles. The van der Waals surface area contributed by atoms with Gasteiger partial charge in [0.1, 0.15) is 29.3 Å². The van der Waals surface area contributed by atoms with Crippen molar-refractivity contribution in [3.8, 4) is 11.5 Å². The molecule has 1 heterocycles. The fourth-order valence-electron chi connectivity index (χ4n) is 2.48. The lowest BCUT2D eigenvalue weighted by atomic mass is 10.0. The van der Waals surface area contributed by atoms with Crippen molar-refractivity contribution in [2.24, 2.45) is 0 Å². The zero-order valence-electron chi connectivity index (χ0n) is 14.3. The summed E-state index contributed by atoms with van der Waals surface area (Å²) in [6.07, 6.45) is 5.71. The number of carbonyl (C=O) groups is 2. The second-order valence-corrected chi connectivity index (χ2v) is 5.86. The van der Waals surface area contributed by atoms with Gasteiger partial charge in [0.15, 0.2) is 5.78 Å². The van der Waals surface area contributed by atoms with Crippen LogP contribution in [0.1, 0.15) is 42.1 Å². The lowest BCUT2D eigenvalue weighted by Crippen LogP contribution is -2.18. The summed E-state index contributed by atoms with van der Waals surface area (Å²) < 4.78 is 10.5. The molecule has 2 N–H and O–H groups in total. The second-order valence-electron chi connectivity index (χ2n) is 5.86. The van der Waals surface area contributed by atoms with E-state index in [2.05, 4.69) is 0 Å². The molecule has 6 nitrogen and oxygen atoms in total. The summed E-state index contributed by atoms with van der Waals surface area (Å²) in [5.41, 5.74) is 0.504. The number of aromatic hydroxyl groups is 1. The van der Waals surface area contributed by atoms with Crippen molar-refractivity contribution < 1.29 is 29.3 Å². The molecule has 2 atom stereocenters. The third kappa shape index (κ3) is 4.93. The number of aliphatic hydroxyl groups excluding tert-OH is 1. The Morgan fingerprint density at radius 3 is 2.68 bits per heavy atom. The van der Waals surface area contributed by atoms with Crippen molar-refractivity contribution in [2.75, 3.05) is 7.11 Å². The number of fused-ring (bicyclic) bond motifs is 1. The normalized spacial score (nSPS) is 24.6. The number of benzene rings is 1. The number of carbonyl (C=O) groups excluding carboxylic acids is 2. The maximum Gasteiger partial charge on any atom is 0.342 e. The van der Waals surface area contributed by atoms with Crippen LogP contribution in [0.2, 0.25) is 0 Å². The number of rotatable bonds is 1. The number of ketones is 1. The number of methoxy groups -OCH3 is 1. The molecule has 0 aliphatic carbocycles. The van der Waals surface area contributed by atoms with Gasteiger partial charge in [0.25, 0.3) is 0 Å². The van der Waals surface area contributed by atoms with Crippen LogP contribution in [-0.2, 0) is 9.53 Å². The molecule has 0 saturated heterocycles. The number of cyclic esters (lactones) is 1. The molecule has 0 saturated carbocycles. The highest BCUT2D eigenvalue weighted by Gasteiger charge is 2.21. The molecule has 1 aromatic rings. The van der Waals surface area contributed by atoms with Gasteiger partial charge >= 0.3 is 5.97 Å². The van der Waals surface area contributed by atoms with Gasteiger partial charge in [-0.15, -0.1) is 0 Å². The van der Waals surface area contributed by atoms with Crippen molar-refractivity contribution in [1.29, 1.82) is 0 Å². The molecule has 0 spiro atoms. The Hall–Kier alpha value is -2.60. The van der Waals surface area contributed by atoms with Gasteiger partial charge in [0, 0.05) is 12.5 Å².